The lowest BCUT2D eigenvalue weighted by molar-refractivity contribution is 0.369. The van der Waals surface area contributed by atoms with Gasteiger partial charge in [-0.25, -0.2) is 8.42 Å². The summed E-state index contributed by atoms with van der Waals surface area (Å²) in [5.74, 6) is 1.65. The van der Waals surface area contributed by atoms with E-state index >= 15 is 0 Å². The van der Waals surface area contributed by atoms with Gasteiger partial charge >= 0.3 is 0 Å². The van der Waals surface area contributed by atoms with Gasteiger partial charge in [0.05, 0.1) is 11.5 Å². The molecule has 0 aliphatic carbocycles. The zero-order valence-electron chi connectivity index (χ0n) is 14.5. The molecule has 2 fully saturated rings. The predicted octanol–water partition coefficient (Wildman–Crippen LogP) is 1.47. The highest BCUT2D eigenvalue weighted by atomic mass is 35.5. The number of sulfone groups is 1. The number of aliphatic imine (C=N–C) groups is 1. The van der Waals surface area contributed by atoms with Gasteiger partial charge in [-0.2, -0.15) is 0 Å². The topological polar surface area (TPSA) is 65.0 Å². The standard InChI is InChI=1S/C17H25ClN4O2S/c1-19-17(20-12-14-5-10-25(23,24)13-14)22-8-6-21(7-9-22)16-4-2-3-15(18)11-16/h2-4,11,14H,5-10,12-13H2,1H3,(H,19,20). The van der Waals surface area contributed by atoms with Crippen LogP contribution < -0.4 is 10.2 Å². The van der Waals surface area contributed by atoms with Gasteiger partial charge in [-0.15, -0.1) is 0 Å². The van der Waals surface area contributed by atoms with Crippen LogP contribution in [0.2, 0.25) is 5.02 Å². The van der Waals surface area contributed by atoms with Crippen LogP contribution in [0.15, 0.2) is 29.3 Å². The van der Waals surface area contributed by atoms with Crippen LogP contribution in [-0.2, 0) is 9.84 Å². The molecule has 1 aromatic rings. The molecule has 1 unspecified atom stereocenters. The number of guanidine groups is 1. The maximum atomic E-state index is 11.6. The number of benzene rings is 1. The van der Waals surface area contributed by atoms with Gasteiger partial charge in [0, 0.05) is 50.5 Å². The molecule has 0 amide bonds. The van der Waals surface area contributed by atoms with Crippen LogP contribution in [0, 0.1) is 5.92 Å². The fraction of sp³-hybridized carbons (Fsp3) is 0.588. The van der Waals surface area contributed by atoms with Crippen LogP contribution in [0.4, 0.5) is 5.69 Å². The third-order valence-corrected chi connectivity index (χ3v) is 6.91. The van der Waals surface area contributed by atoms with E-state index in [2.05, 4.69) is 26.2 Å². The summed E-state index contributed by atoms with van der Waals surface area (Å²) in [4.78, 5) is 8.91. The van der Waals surface area contributed by atoms with Crippen LogP contribution in [0.3, 0.4) is 0 Å². The second-order valence-electron chi connectivity index (χ2n) is 6.65. The Hall–Kier alpha value is -1.47. The van der Waals surface area contributed by atoms with Gasteiger partial charge < -0.3 is 15.1 Å². The van der Waals surface area contributed by atoms with Gasteiger partial charge in [0.25, 0.3) is 0 Å². The SMILES string of the molecule is CN=C(NCC1CCS(=O)(=O)C1)N1CCN(c2cccc(Cl)c2)CC1. The van der Waals surface area contributed by atoms with Gasteiger partial charge in [0.1, 0.15) is 0 Å². The summed E-state index contributed by atoms with van der Waals surface area (Å²) in [6.07, 6.45) is 0.745. The number of nitrogens with zero attached hydrogens (tertiary/aromatic N) is 3. The molecule has 25 heavy (non-hydrogen) atoms. The molecule has 8 heteroatoms. The second-order valence-corrected chi connectivity index (χ2v) is 9.32. The molecule has 1 N–H and O–H groups in total. The number of hydrogen-bond donors (Lipinski definition) is 1. The van der Waals surface area contributed by atoms with Crippen molar-refractivity contribution in [3.8, 4) is 0 Å². The molecule has 2 aliphatic rings. The molecule has 1 atom stereocenters. The summed E-state index contributed by atoms with van der Waals surface area (Å²) in [5.41, 5.74) is 1.14. The second kappa shape index (κ2) is 7.83. The summed E-state index contributed by atoms with van der Waals surface area (Å²) in [6.45, 7) is 4.21. The Morgan fingerprint density at radius 3 is 2.68 bits per heavy atom. The highest BCUT2D eigenvalue weighted by Crippen LogP contribution is 2.21. The molecule has 2 saturated heterocycles. The van der Waals surface area contributed by atoms with E-state index < -0.39 is 9.84 Å². The molecule has 0 radical (unpaired) electrons. The van der Waals surface area contributed by atoms with Crippen LogP contribution in [-0.4, -0.2) is 70.6 Å². The normalized spacial score (nSPS) is 23.8. The molecule has 0 spiro atoms. The summed E-state index contributed by atoms with van der Waals surface area (Å²) in [7, 11) is -1.05. The Balaban J connectivity index is 1.50. The first-order valence-corrected chi connectivity index (χ1v) is 10.8. The molecule has 0 bridgehead atoms. The maximum absolute atomic E-state index is 11.6. The van der Waals surface area contributed by atoms with Crippen molar-refractivity contribution < 1.29 is 8.42 Å². The van der Waals surface area contributed by atoms with Gasteiger partial charge in [0.15, 0.2) is 15.8 Å². The highest BCUT2D eigenvalue weighted by Gasteiger charge is 2.28. The molecule has 0 saturated carbocycles. The Morgan fingerprint density at radius 1 is 1.32 bits per heavy atom. The van der Waals surface area contributed by atoms with E-state index in [9.17, 15) is 8.42 Å². The monoisotopic (exact) mass is 384 g/mol. The average Bonchev–Trinajstić information content (AvgIpc) is 2.95. The third-order valence-electron chi connectivity index (χ3n) is 4.84. The van der Waals surface area contributed by atoms with Crippen molar-refractivity contribution in [2.75, 3.05) is 56.2 Å². The lowest BCUT2D eigenvalue weighted by atomic mass is 10.1. The van der Waals surface area contributed by atoms with Crippen LogP contribution in [0.5, 0.6) is 0 Å². The first-order valence-electron chi connectivity index (χ1n) is 8.63. The molecule has 2 heterocycles. The fourth-order valence-electron chi connectivity index (χ4n) is 3.45. The Bertz CT molecular complexity index is 730. The van der Waals surface area contributed by atoms with Gasteiger partial charge in [-0.05, 0) is 30.5 Å². The van der Waals surface area contributed by atoms with Crippen molar-refractivity contribution in [3.05, 3.63) is 29.3 Å². The van der Waals surface area contributed by atoms with E-state index in [4.69, 9.17) is 11.6 Å². The van der Waals surface area contributed by atoms with Crippen LogP contribution in [0.1, 0.15) is 6.42 Å². The van der Waals surface area contributed by atoms with Crippen molar-refractivity contribution in [2.24, 2.45) is 10.9 Å². The molecule has 1 aromatic carbocycles. The first-order chi connectivity index (χ1) is 12.0. The Morgan fingerprint density at radius 2 is 2.08 bits per heavy atom. The van der Waals surface area contributed by atoms with Crippen molar-refractivity contribution in [1.29, 1.82) is 0 Å². The summed E-state index contributed by atoms with van der Waals surface area (Å²) in [5, 5.41) is 4.11. The number of piperazine rings is 1. The van der Waals surface area contributed by atoms with Crippen molar-refractivity contribution >= 4 is 33.1 Å². The first kappa shape index (κ1) is 18.3. The number of hydrogen-bond acceptors (Lipinski definition) is 4. The smallest absolute Gasteiger partial charge is 0.193 e. The highest BCUT2D eigenvalue weighted by molar-refractivity contribution is 7.91. The number of nitrogens with one attached hydrogen (secondary N) is 1. The fourth-order valence-corrected chi connectivity index (χ4v) is 5.50. The number of halogens is 1. The lowest BCUT2D eigenvalue weighted by Crippen LogP contribution is -2.53. The molecule has 0 aromatic heterocycles. The summed E-state index contributed by atoms with van der Waals surface area (Å²) < 4.78 is 23.1. The minimum Gasteiger partial charge on any atom is -0.368 e. The maximum Gasteiger partial charge on any atom is 0.193 e. The zero-order chi connectivity index (χ0) is 17.9. The molecule has 3 rings (SSSR count). The van der Waals surface area contributed by atoms with E-state index in [1.54, 1.807) is 7.05 Å². The largest absolute Gasteiger partial charge is 0.368 e. The van der Waals surface area contributed by atoms with E-state index in [0.29, 0.717) is 18.1 Å². The quantitative estimate of drug-likeness (QED) is 0.631. The molecule has 138 valence electrons. The summed E-state index contributed by atoms with van der Waals surface area (Å²) >= 11 is 6.08. The predicted molar refractivity (Wildman–Crippen MR) is 103 cm³/mol. The molecular formula is C17H25ClN4O2S. The van der Waals surface area contributed by atoms with Gasteiger partial charge in [0.2, 0.25) is 0 Å². The Labute approximate surface area is 154 Å². The van der Waals surface area contributed by atoms with E-state index in [1.807, 2.05) is 18.2 Å². The third kappa shape index (κ3) is 4.79. The molecule has 2 aliphatic heterocycles. The van der Waals surface area contributed by atoms with Gasteiger partial charge in [-0.3, -0.25) is 4.99 Å². The molecular weight excluding hydrogens is 360 g/mol. The van der Waals surface area contributed by atoms with E-state index in [1.165, 1.54) is 0 Å². The Kier molecular flexibility index (Phi) is 5.74. The zero-order valence-corrected chi connectivity index (χ0v) is 16.1. The molecule has 6 nitrogen and oxygen atoms in total. The average molecular weight is 385 g/mol. The minimum absolute atomic E-state index is 0.189. The van der Waals surface area contributed by atoms with Crippen molar-refractivity contribution in [3.63, 3.8) is 0 Å². The minimum atomic E-state index is -2.83. The van der Waals surface area contributed by atoms with E-state index in [0.717, 1.165) is 49.3 Å². The lowest BCUT2D eigenvalue weighted by Gasteiger charge is -2.38. The number of anilines is 1. The van der Waals surface area contributed by atoms with E-state index in [-0.39, 0.29) is 5.92 Å². The van der Waals surface area contributed by atoms with Gasteiger partial charge in [-0.1, -0.05) is 17.7 Å². The summed E-state index contributed by atoms with van der Waals surface area (Å²) in [6, 6.07) is 7.93. The van der Waals surface area contributed by atoms with Crippen LogP contribution >= 0.6 is 11.6 Å². The van der Waals surface area contributed by atoms with Crippen molar-refractivity contribution in [2.45, 2.75) is 6.42 Å². The van der Waals surface area contributed by atoms with Crippen molar-refractivity contribution in [1.82, 2.24) is 10.2 Å². The number of rotatable bonds is 3. The van der Waals surface area contributed by atoms with Crippen LogP contribution in [0.25, 0.3) is 0 Å².